The monoisotopic (exact) mass is 756 g/mol. The lowest BCUT2D eigenvalue weighted by molar-refractivity contribution is 0.0468. The Labute approximate surface area is 327 Å². The van der Waals surface area contributed by atoms with Gasteiger partial charge in [-0.1, -0.05) is 12.8 Å². The van der Waals surface area contributed by atoms with E-state index in [0.29, 0.717) is 48.9 Å². The minimum atomic E-state index is -0.355. The van der Waals surface area contributed by atoms with Crippen molar-refractivity contribution in [1.29, 1.82) is 0 Å². The first-order chi connectivity index (χ1) is 27.5. The maximum absolute atomic E-state index is 12.2. The lowest BCUT2D eigenvalue weighted by Gasteiger charge is -2.32. The molecule has 2 atom stereocenters. The van der Waals surface area contributed by atoms with E-state index in [0.717, 1.165) is 63.2 Å². The average Bonchev–Trinajstić information content (AvgIpc) is 4.19. The third-order valence-corrected chi connectivity index (χ3v) is 10.5. The topological polar surface area (TPSA) is 134 Å². The van der Waals surface area contributed by atoms with E-state index in [1.54, 1.807) is 48.5 Å². The van der Waals surface area contributed by atoms with E-state index in [2.05, 4.69) is 54.5 Å². The smallest absolute Gasteiger partial charge is 0.338 e. The van der Waals surface area contributed by atoms with Crippen molar-refractivity contribution < 1.29 is 28.5 Å². The van der Waals surface area contributed by atoms with E-state index in [4.69, 9.17) is 18.9 Å². The number of benzene rings is 4. The van der Waals surface area contributed by atoms with Crippen LogP contribution in [0.1, 0.15) is 70.4 Å². The van der Waals surface area contributed by atoms with Gasteiger partial charge in [0.25, 0.3) is 0 Å². The lowest BCUT2D eigenvalue weighted by atomic mass is 10.00. The number of epoxide rings is 2. The molecule has 4 aliphatic heterocycles. The molecule has 2 fully saturated rings. The number of aryl methyl sites for hydroxylation is 2. The molecule has 0 spiro atoms. The van der Waals surface area contributed by atoms with Gasteiger partial charge in [-0.3, -0.25) is 0 Å². The number of nitrogens with zero attached hydrogens (tertiary/aromatic N) is 6. The van der Waals surface area contributed by atoms with Gasteiger partial charge in [0.05, 0.1) is 47.1 Å². The highest BCUT2D eigenvalue weighted by Gasteiger charge is 2.25. The van der Waals surface area contributed by atoms with Gasteiger partial charge in [-0.2, -0.15) is 20.5 Å². The molecule has 0 saturated carbocycles. The summed E-state index contributed by atoms with van der Waals surface area (Å²) in [4.78, 5) is 29.4. The molecule has 12 heteroatoms. The third kappa shape index (κ3) is 10.2. The van der Waals surface area contributed by atoms with Gasteiger partial charge < -0.3 is 28.7 Å². The zero-order valence-electron chi connectivity index (χ0n) is 31.7. The molecule has 8 rings (SSSR count). The Bertz CT molecular complexity index is 1900. The first-order valence-electron chi connectivity index (χ1n) is 19.9. The molecule has 4 aromatic rings. The molecule has 4 aliphatic rings. The minimum Gasteiger partial charge on any atom is -0.459 e. The Balaban J connectivity index is 0.758. The number of carbonyl (C=O) groups is 2. The molecule has 4 aromatic carbocycles. The van der Waals surface area contributed by atoms with E-state index >= 15 is 0 Å². The fourth-order valence-electron chi connectivity index (χ4n) is 7.26. The Morgan fingerprint density at radius 1 is 0.554 bits per heavy atom. The van der Waals surface area contributed by atoms with Gasteiger partial charge in [0.15, 0.2) is 0 Å². The molecule has 2 saturated heterocycles. The molecule has 290 valence electrons. The molecule has 2 unspecified atom stereocenters. The highest BCUT2D eigenvalue weighted by Crippen LogP contribution is 2.33. The van der Waals surface area contributed by atoms with Crippen molar-refractivity contribution in [3.8, 4) is 0 Å². The first-order valence-corrected chi connectivity index (χ1v) is 19.9. The summed E-state index contributed by atoms with van der Waals surface area (Å²) in [6.45, 7) is 6.20. The summed E-state index contributed by atoms with van der Waals surface area (Å²) in [6.07, 6.45) is 9.23. The van der Waals surface area contributed by atoms with E-state index in [1.807, 2.05) is 12.1 Å². The first kappa shape index (κ1) is 37.5. The molecular formula is C44H48N6O6. The zero-order chi connectivity index (χ0) is 38.1. The van der Waals surface area contributed by atoms with Crippen LogP contribution in [0, 0.1) is 0 Å². The summed E-state index contributed by atoms with van der Waals surface area (Å²) in [7, 11) is 0. The van der Waals surface area contributed by atoms with Crippen LogP contribution in [0.5, 0.6) is 0 Å². The van der Waals surface area contributed by atoms with Crippen molar-refractivity contribution in [3.63, 3.8) is 0 Å². The van der Waals surface area contributed by atoms with Gasteiger partial charge >= 0.3 is 11.9 Å². The van der Waals surface area contributed by atoms with Crippen molar-refractivity contribution in [2.45, 2.75) is 63.6 Å². The minimum absolute atomic E-state index is 0.0481. The van der Waals surface area contributed by atoms with Crippen LogP contribution < -0.4 is 9.80 Å². The van der Waals surface area contributed by atoms with E-state index in [1.165, 1.54) is 48.2 Å². The Kier molecular flexibility index (Phi) is 12.0. The number of ether oxygens (including phenoxy) is 4. The van der Waals surface area contributed by atoms with Crippen LogP contribution in [0.15, 0.2) is 105 Å². The summed E-state index contributed by atoms with van der Waals surface area (Å²) < 4.78 is 20.7. The van der Waals surface area contributed by atoms with Crippen molar-refractivity contribution in [1.82, 2.24) is 0 Å². The summed E-state index contributed by atoms with van der Waals surface area (Å²) >= 11 is 0. The fraction of sp³-hybridized carbons (Fsp3) is 0.409. The Hall–Kier alpha value is -5.46. The predicted molar refractivity (Wildman–Crippen MR) is 214 cm³/mol. The average molecular weight is 757 g/mol. The molecule has 0 bridgehead atoms. The predicted octanol–water partition coefficient (Wildman–Crippen LogP) is 9.39. The number of fused-ring (bicyclic) bond motifs is 2. The van der Waals surface area contributed by atoms with Gasteiger partial charge in [0, 0.05) is 37.6 Å². The number of esters is 2. The quantitative estimate of drug-likeness (QED) is 0.0450. The molecule has 0 aromatic heterocycles. The van der Waals surface area contributed by atoms with Crippen LogP contribution in [0.2, 0.25) is 0 Å². The molecule has 56 heavy (non-hydrogen) atoms. The second kappa shape index (κ2) is 18.0. The molecule has 0 amide bonds. The van der Waals surface area contributed by atoms with Gasteiger partial charge in [0.1, 0.15) is 25.4 Å². The largest absolute Gasteiger partial charge is 0.459 e. The Morgan fingerprint density at radius 2 is 0.946 bits per heavy atom. The zero-order valence-corrected chi connectivity index (χ0v) is 31.7. The van der Waals surface area contributed by atoms with Crippen LogP contribution in [0.4, 0.5) is 34.1 Å². The van der Waals surface area contributed by atoms with E-state index in [-0.39, 0.29) is 24.1 Å². The van der Waals surface area contributed by atoms with Gasteiger partial charge in [0.2, 0.25) is 0 Å². The molecule has 0 N–H and O–H groups in total. The summed E-state index contributed by atoms with van der Waals surface area (Å²) in [5, 5.41) is 17.8. The van der Waals surface area contributed by atoms with Crippen LogP contribution in [0.3, 0.4) is 0 Å². The summed E-state index contributed by atoms with van der Waals surface area (Å²) in [5.41, 5.74) is 9.30. The van der Waals surface area contributed by atoms with Gasteiger partial charge in [-0.25, -0.2) is 9.59 Å². The molecule has 12 nitrogen and oxygen atoms in total. The number of anilines is 2. The fourth-order valence-corrected chi connectivity index (χ4v) is 7.26. The summed E-state index contributed by atoms with van der Waals surface area (Å²) in [5.74, 6) is -0.710. The Morgan fingerprint density at radius 3 is 1.36 bits per heavy atom. The standard InChI is InChI=1S/C44H48N6O6/c51-43(55-29-39-27-53-39)31-9-13-35(14-10-31)45-47-37-17-19-41-33(25-37)7-5-23-49(41)21-3-1-2-4-22-50-24-6-8-34-26-38(18-20-42(34)50)48-46-36-15-11-32(12-16-36)44(52)56-30-40-28-54-40/h9-20,25-26,39-40H,1-8,21-24,27-30H2/b47-45+,48-46+. The number of unbranched alkanes of at least 4 members (excludes halogenated alkanes) is 3. The maximum Gasteiger partial charge on any atom is 0.338 e. The van der Waals surface area contributed by atoms with Crippen molar-refractivity contribution in [3.05, 3.63) is 107 Å². The molecule has 4 heterocycles. The number of carbonyl (C=O) groups excluding carboxylic acids is 2. The second-order valence-corrected chi connectivity index (χ2v) is 14.8. The SMILES string of the molecule is O=C(OCC1CO1)c1ccc(/N=N/c2ccc3c(c2)CCCN3CCCCCCN2CCCc3cc(/N=N/c4ccc(C(=O)OCC5CO5)cc4)ccc32)cc1. The summed E-state index contributed by atoms with van der Waals surface area (Å²) in [6, 6.07) is 26.8. The highest BCUT2D eigenvalue weighted by atomic mass is 16.6. The molecule has 0 radical (unpaired) electrons. The van der Waals surface area contributed by atoms with Gasteiger partial charge in [-0.15, -0.1) is 0 Å². The normalized spacial score (nSPS) is 18.5. The van der Waals surface area contributed by atoms with Crippen LogP contribution >= 0.6 is 0 Å². The molecular weight excluding hydrogens is 709 g/mol. The number of rotatable bonds is 17. The van der Waals surface area contributed by atoms with Crippen LogP contribution in [-0.4, -0.2) is 76.8 Å². The number of hydrogen-bond acceptors (Lipinski definition) is 12. The van der Waals surface area contributed by atoms with E-state index in [9.17, 15) is 9.59 Å². The number of azo groups is 2. The highest BCUT2D eigenvalue weighted by molar-refractivity contribution is 5.90. The second-order valence-electron chi connectivity index (χ2n) is 14.8. The molecule has 0 aliphatic carbocycles. The van der Waals surface area contributed by atoms with Crippen molar-refractivity contribution in [2.24, 2.45) is 20.5 Å². The van der Waals surface area contributed by atoms with Crippen LogP contribution in [0.25, 0.3) is 0 Å². The lowest BCUT2D eigenvalue weighted by Crippen LogP contribution is -2.30. The maximum atomic E-state index is 12.2. The van der Waals surface area contributed by atoms with Crippen LogP contribution in [-0.2, 0) is 31.8 Å². The van der Waals surface area contributed by atoms with Gasteiger partial charge in [-0.05, 0) is 135 Å². The third-order valence-electron chi connectivity index (χ3n) is 10.5. The number of hydrogen-bond donors (Lipinski definition) is 0. The van der Waals surface area contributed by atoms with E-state index < -0.39 is 0 Å². The van der Waals surface area contributed by atoms with Crippen molar-refractivity contribution >= 4 is 46.1 Å². The van der Waals surface area contributed by atoms with Crippen molar-refractivity contribution in [2.75, 3.05) is 62.4 Å².